The first kappa shape index (κ1) is 47.9. The monoisotopic (exact) mass is 851 g/mol. The summed E-state index contributed by atoms with van der Waals surface area (Å²) in [5.41, 5.74) is 3.22. The minimum absolute atomic E-state index is 0.0184. The van der Waals surface area contributed by atoms with E-state index in [4.69, 9.17) is 18.9 Å². The van der Waals surface area contributed by atoms with Crippen LogP contribution in [0.3, 0.4) is 0 Å². The zero-order chi connectivity index (χ0) is 44.0. The summed E-state index contributed by atoms with van der Waals surface area (Å²) >= 11 is 0. The van der Waals surface area contributed by atoms with Gasteiger partial charge in [-0.3, -0.25) is 4.79 Å². The average molecular weight is 851 g/mol. The molecule has 342 valence electrons. The number of carbonyl (C=O) groups is 2. The third kappa shape index (κ3) is 13.0. The first-order valence-corrected chi connectivity index (χ1v) is 25.2. The summed E-state index contributed by atoms with van der Waals surface area (Å²) < 4.78 is 23.4. The van der Waals surface area contributed by atoms with Gasteiger partial charge in [-0.1, -0.05) is 130 Å². The minimum atomic E-state index is -0.449. The molecule has 8 atom stereocenters. The van der Waals surface area contributed by atoms with Crippen LogP contribution in [0.1, 0.15) is 182 Å². The predicted octanol–water partition coefficient (Wildman–Crippen LogP) is 14.9. The van der Waals surface area contributed by atoms with Crippen LogP contribution < -0.4 is 14.2 Å². The van der Waals surface area contributed by atoms with Gasteiger partial charge >= 0.3 is 11.9 Å². The van der Waals surface area contributed by atoms with Gasteiger partial charge in [0.25, 0.3) is 0 Å². The number of hydrogen-bond donors (Lipinski definition) is 0. The van der Waals surface area contributed by atoms with Crippen LogP contribution in [-0.4, -0.2) is 31.3 Å². The smallest absolute Gasteiger partial charge is 0.336 e. The Hall–Kier alpha value is -3.54. The molecular formula is C56H82O6. The molecule has 0 saturated heterocycles. The topological polar surface area (TPSA) is 71.1 Å². The maximum absolute atomic E-state index is 13.0. The highest BCUT2D eigenvalue weighted by atomic mass is 16.5. The van der Waals surface area contributed by atoms with Crippen LogP contribution in [0.4, 0.5) is 0 Å². The molecule has 0 N–H and O–H groups in total. The van der Waals surface area contributed by atoms with E-state index in [0.29, 0.717) is 36.4 Å². The largest absolute Gasteiger partial charge is 0.494 e. The van der Waals surface area contributed by atoms with Crippen molar-refractivity contribution in [2.24, 2.45) is 46.3 Å². The highest BCUT2D eigenvalue weighted by molar-refractivity contribution is 5.88. The summed E-state index contributed by atoms with van der Waals surface area (Å²) in [6, 6.07) is 14.8. The molecule has 0 spiro atoms. The van der Waals surface area contributed by atoms with Gasteiger partial charge in [0.1, 0.15) is 23.4 Å². The van der Waals surface area contributed by atoms with Gasteiger partial charge in [-0.05, 0) is 152 Å². The lowest BCUT2D eigenvalue weighted by atomic mass is 9.47. The number of hydrogen-bond acceptors (Lipinski definition) is 6. The number of esters is 2. The highest BCUT2D eigenvalue weighted by Crippen LogP contribution is 2.67. The predicted molar refractivity (Wildman–Crippen MR) is 253 cm³/mol. The van der Waals surface area contributed by atoms with Gasteiger partial charge in [0.2, 0.25) is 0 Å². The zero-order valence-corrected chi connectivity index (χ0v) is 39.6. The van der Waals surface area contributed by atoms with Gasteiger partial charge in [-0.25, -0.2) is 4.79 Å². The Morgan fingerprint density at radius 1 is 0.726 bits per heavy atom. The van der Waals surface area contributed by atoms with E-state index in [1.165, 1.54) is 102 Å². The maximum atomic E-state index is 13.0. The number of fused-ring (bicyclic) bond motifs is 5. The average Bonchev–Trinajstić information content (AvgIpc) is 3.62. The van der Waals surface area contributed by atoms with Crippen molar-refractivity contribution in [3.63, 3.8) is 0 Å². The zero-order valence-electron chi connectivity index (χ0n) is 39.6. The fraction of sp³-hybridized carbons (Fsp3) is 0.679. The SMILES string of the molecule is CCCCCCCCCCOc1ccc(/C=C/C(=O)Oc2ccc(OCCCC(=O)O[C@H]3CC[C@@]4(C)C(=CC[C@H]5[C@@H]6CC[C@H]([C@H](C)CCCC(C)C)[C@@]6(C)CC[C@@H]54)C3)cc2)cc1. The fourth-order valence-electron chi connectivity index (χ4n) is 12.4. The second-order valence-corrected chi connectivity index (χ2v) is 20.7. The number of unbranched alkanes of at least 4 members (excludes halogenated alkanes) is 7. The maximum Gasteiger partial charge on any atom is 0.336 e. The lowest BCUT2D eigenvalue weighted by molar-refractivity contribution is -0.151. The molecule has 6 heteroatoms. The van der Waals surface area contributed by atoms with Gasteiger partial charge in [0, 0.05) is 18.9 Å². The Morgan fingerprint density at radius 2 is 1.39 bits per heavy atom. The standard InChI is InChI=1S/C56H82O6/c1-7-8-9-10-11-12-13-14-38-59-45-24-20-43(21-25-45)22-33-54(58)61-47-28-26-46(27-29-47)60-39-16-19-53(57)62-48-34-36-55(5)44(40-48)23-30-49-51-32-31-50(42(4)18-15-17-41(2)3)56(51,6)37-35-52(49)55/h20-29,33,41-42,48-52H,7-19,30-32,34-40H2,1-6H3/b33-22+/t42-,48+,49+,50-,51+,52+,55+,56-/m1/s1. The summed E-state index contributed by atoms with van der Waals surface area (Å²) in [7, 11) is 0. The Balaban J connectivity index is 0.851. The lowest BCUT2D eigenvalue weighted by Gasteiger charge is -2.58. The van der Waals surface area contributed by atoms with Crippen LogP contribution in [0.15, 0.2) is 66.3 Å². The third-order valence-corrected chi connectivity index (χ3v) is 16.0. The summed E-state index contributed by atoms with van der Waals surface area (Å²) in [5.74, 6) is 6.36. The van der Waals surface area contributed by atoms with Crippen molar-refractivity contribution in [2.75, 3.05) is 13.2 Å². The van der Waals surface area contributed by atoms with Gasteiger partial charge in [0.05, 0.1) is 13.2 Å². The summed E-state index contributed by atoms with van der Waals surface area (Å²) in [6.07, 6.45) is 30.9. The van der Waals surface area contributed by atoms with E-state index in [1.54, 1.807) is 35.9 Å². The summed E-state index contributed by atoms with van der Waals surface area (Å²) in [4.78, 5) is 25.5. The van der Waals surface area contributed by atoms with Crippen LogP contribution >= 0.6 is 0 Å². The van der Waals surface area contributed by atoms with Crippen LogP contribution in [0, 0.1) is 46.3 Å². The number of rotatable bonds is 24. The minimum Gasteiger partial charge on any atom is -0.494 e. The number of allylic oxidation sites excluding steroid dienone is 1. The molecule has 0 heterocycles. The summed E-state index contributed by atoms with van der Waals surface area (Å²) in [5, 5.41) is 0. The molecule has 0 aromatic heterocycles. The van der Waals surface area contributed by atoms with E-state index in [0.717, 1.165) is 79.1 Å². The normalized spacial score (nSPS) is 27.2. The van der Waals surface area contributed by atoms with E-state index < -0.39 is 5.97 Å². The van der Waals surface area contributed by atoms with E-state index >= 15 is 0 Å². The number of carbonyl (C=O) groups excluding carboxylic acids is 2. The second-order valence-electron chi connectivity index (χ2n) is 20.7. The number of benzene rings is 2. The van der Waals surface area contributed by atoms with Crippen molar-refractivity contribution in [3.05, 3.63) is 71.8 Å². The molecule has 0 bridgehead atoms. The summed E-state index contributed by atoms with van der Waals surface area (Å²) in [6.45, 7) is 15.9. The van der Waals surface area contributed by atoms with E-state index in [1.807, 2.05) is 24.3 Å². The van der Waals surface area contributed by atoms with Crippen molar-refractivity contribution in [1.82, 2.24) is 0 Å². The van der Waals surface area contributed by atoms with E-state index in [-0.39, 0.29) is 17.5 Å². The fourth-order valence-corrected chi connectivity index (χ4v) is 12.4. The first-order valence-electron chi connectivity index (χ1n) is 25.2. The molecule has 0 radical (unpaired) electrons. The molecule has 3 fully saturated rings. The molecule has 0 unspecified atom stereocenters. The molecule has 2 aromatic rings. The van der Waals surface area contributed by atoms with Crippen LogP contribution in [0.5, 0.6) is 17.2 Å². The molecular weight excluding hydrogens is 769 g/mol. The van der Waals surface area contributed by atoms with Gasteiger partial charge < -0.3 is 18.9 Å². The highest BCUT2D eigenvalue weighted by Gasteiger charge is 2.59. The van der Waals surface area contributed by atoms with Crippen LogP contribution in [0.2, 0.25) is 0 Å². The molecule has 0 amide bonds. The van der Waals surface area contributed by atoms with Crippen LogP contribution in [0.25, 0.3) is 6.08 Å². The van der Waals surface area contributed by atoms with Crippen molar-refractivity contribution < 1.29 is 28.5 Å². The number of ether oxygens (including phenoxy) is 4. The molecule has 6 nitrogen and oxygen atoms in total. The van der Waals surface area contributed by atoms with Crippen molar-refractivity contribution >= 4 is 18.0 Å². The Kier molecular flexibility index (Phi) is 18.1. The van der Waals surface area contributed by atoms with Crippen LogP contribution in [-0.2, 0) is 14.3 Å². The Bertz CT molecular complexity index is 1740. The quantitative estimate of drug-likeness (QED) is 0.0344. The van der Waals surface area contributed by atoms with Crippen molar-refractivity contribution in [3.8, 4) is 17.2 Å². The van der Waals surface area contributed by atoms with Crippen molar-refractivity contribution in [2.45, 2.75) is 182 Å². The molecule has 2 aromatic carbocycles. The molecule has 6 rings (SSSR count). The van der Waals surface area contributed by atoms with Gasteiger partial charge in [-0.15, -0.1) is 0 Å². The second kappa shape index (κ2) is 23.4. The molecule has 4 aliphatic rings. The molecule has 0 aliphatic heterocycles. The van der Waals surface area contributed by atoms with E-state index in [9.17, 15) is 9.59 Å². The third-order valence-electron chi connectivity index (χ3n) is 16.0. The Morgan fingerprint density at radius 3 is 2.10 bits per heavy atom. The van der Waals surface area contributed by atoms with Gasteiger partial charge in [-0.2, -0.15) is 0 Å². The first-order chi connectivity index (χ1) is 30.0. The molecule has 3 saturated carbocycles. The van der Waals surface area contributed by atoms with E-state index in [2.05, 4.69) is 47.6 Å². The van der Waals surface area contributed by atoms with Gasteiger partial charge in [0.15, 0.2) is 0 Å². The molecule has 4 aliphatic carbocycles. The lowest BCUT2D eigenvalue weighted by Crippen LogP contribution is -2.51. The van der Waals surface area contributed by atoms with Crippen molar-refractivity contribution in [1.29, 1.82) is 0 Å². The Labute approximate surface area is 376 Å². The molecule has 62 heavy (non-hydrogen) atoms.